The number of benzene rings is 2. The third-order valence-electron chi connectivity index (χ3n) is 6.10. The van der Waals surface area contributed by atoms with Crippen LogP contribution in [0.1, 0.15) is 50.2 Å². The summed E-state index contributed by atoms with van der Waals surface area (Å²) in [6.45, 7) is 2.44. The maximum absolute atomic E-state index is 13.2. The fourth-order valence-electron chi connectivity index (χ4n) is 4.37. The summed E-state index contributed by atoms with van der Waals surface area (Å²) in [4.78, 5) is 39.5. The Hall–Kier alpha value is -2.30. The van der Waals surface area contributed by atoms with Crippen LogP contribution in [-0.2, 0) is 16.2 Å². The van der Waals surface area contributed by atoms with E-state index in [4.69, 9.17) is 32.7 Å². The maximum Gasteiger partial charge on any atom is 0.331 e. The molecular formula is C26H25Cl2IN2O5. The highest BCUT2D eigenvalue weighted by Gasteiger charge is 2.40. The van der Waals surface area contributed by atoms with E-state index in [1.807, 2.05) is 6.92 Å². The average Bonchev–Trinajstić information content (AvgIpc) is 2.83. The zero-order valence-electron chi connectivity index (χ0n) is 19.6. The van der Waals surface area contributed by atoms with Crippen LogP contribution >= 0.6 is 45.8 Å². The molecular weight excluding hydrogens is 618 g/mol. The van der Waals surface area contributed by atoms with E-state index in [0.29, 0.717) is 33.7 Å². The van der Waals surface area contributed by atoms with Crippen LogP contribution in [-0.4, -0.2) is 35.4 Å². The number of halogens is 3. The topological polar surface area (TPSA) is 84.9 Å². The van der Waals surface area contributed by atoms with Gasteiger partial charge in [0.1, 0.15) is 12.2 Å². The summed E-state index contributed by atoms with van der Waals surface area (Å²) in [5.41, 5.74) is 1.26. The third-order valence-corrected chi connectivity index (χ3v) is 7.49. The monoisotopic (exact) mass is 642 g/mol. The molecule has 1 saturated heterocycles. The standard InChI is InChI=1S/C26H25Cl2IN2O5/c1-2-35-22-12-15(11-21(29)23(22)36-14-16-8-9-17(27)13-20(16)28)10-19-24(32)30-26(34)31(25(19)33)18-6-4-3-5-7-18/h8-13,18H,2-7,14H2,1H3,(H,30,32,34). The van der Waals surface area contributed by atoms with Crippen molar-refractivity contribution in [1.82, 2.24) is 10.2 Å². The normalized spacial score (nSPS) is 17.9. The first-order valence-corrected chi connectivity index (χ1v) is 13.6. The molecule has 10 heteroatoms. The van der Waals surface area contributed by atoms with Crippen LogP contribution in [0.4, 0.5) is 4.79 Å². The van der Waals surface area contributed by atoms with Crippen molar-refractivity contribution in [2.45, 2.75) is 51.7 Å². The SMILES string of the molecule is CCOc1cc(C=C2C(=O)NC(=O)N(C3CCCCC3)C2=O)cc(I)c1OCc1ccc(Cl)cc1Cl. The van der Waals surface area contributed by atoms with Crippen LogP contribution in [0.5, 0.6) is 11.5 Å². The molecule has 0 spiro atoms. The molecule has 0 bridgehead atoms. The van der Waals surface area contributed by atoms with Crippen molar-refractivity contribution >= 4 is 69.7 Å². The summed E-state index contributed by atoms with van der Waals surface area (Å²) in [5, 5.41) is 3.35. The van der Waals surface area contributed by atoms with Gasteiger partial charge >= 0.3 is 6.03 Å². The molecule has 4 rings (SSSR count). The fraction of sp³-hybridized carbons (Fsp3) is 0.346. The molecule has 1 N–H and O–H groups in total. The summed E-state index contributed by atoms with van der Waals surface area (Å²) in [5.74, 6) is -0.293. The van der Waals surface area contributed by atoms with Crippen molar-refractivity contribution in [3.05, 3.63) is 60.6 Å². The average molecular weight is 643 g/mol. The van der Waals surface area contributed by atoms with Gasteiger partial charge in [-0.05, 0) is 78.3 Å². The summed E-state index contributed by atoms with van der Waals surface area (Å²) >= 11 is 14.4. The molecule has 1 aliphatic carbocycles. The maximum atomic E-state index is 13.2. The van der Waals surface area contributed by atoms with Gasteiger partial charge in [0.15, 0.2) is 11.5 Å². The van der Waals surface area contributed by atoms with Crippen LogP contribution in [0.3, 0.4) is 0 Å². The molecule has 0 atom stereocenters. The lowest BCUT2D eigenvalue weighted by molar-refractivity contribution is -0.132. The Bertz CT molecular complexity index is 1230. The van der Waals surface area contributed by atoms with Crippen LogP contribution in [0, 0.1) is 3.57 Å². The number of nitrogens with zero attached hydrogens (tertiary/aromatic N) is 1. The predicted molar refractivity (Wildman–Crippen MR) is 146 cm³/mol. The zero-order valence-corrected chi connectivity index (χ0v) is 23.3. The molecule has 2 aliphatic rings. The lowest BCUT2D eigenvalue weighted by Gasteiger charge is -2.35. The van der Waals surface area contributed by atoms with Crippen molar-refractivity contribution in [1.29, 1.82) is 0 Å². The van der Waals surface area contributed by atoms with E-state index in [2.05, 4.69) is 27.9 Å². The van der Waals surface area contributed by atoms with Gasteiger partial charge in [-0.1, -0.05) is 48.5 Å². The molecule has 7 nitrogen and oxygen atoms in total. The number of rotatable bonds is 7. The number of barbiturate groups is 1. The lowest BCUT2D eigenvalue weighted by Crippen LogP contribution is -2.58. The van der Waals surface area contributed by atoms with Crippen molar-refractivity contribution in [3.8, 4) is 11.5 Å². The number of hydrogen-bond acceptors (Lipinski definition) is 5. The molecule has 2 fully saturated rings. The van der Waals surface area contributed by atoms with Gasteiger partial charge in [0, 0.05) is 21.7 Å². The number of urea groups is 1. The Morgan fingerprint density at radius 3 is 2.53 bits per heavy atom. The second-order valence-corrected chi connectivity index (χ2v) is 10.6. The van der Waals surface area contributed by atoms with Crippen LogP contribution < -0.4 is 14.8 Å². The first-order valence-electron chi connectivity index (χ1n) is 11.7. The lowest BCUT2D eigenvalue weighted by atomic mass is 9.93. The Labute approximate surface area is 233 Å². The fourth-order valence-corrected chi connectivity index (χ4v) is 5.62. The van der Waals surface area contributed by atoms with Gasteiger partial charge in [-0.2, -0.15) is 0 Å². The van der Waals surface area contributed by atoms with E-state index in [1.54, 1.807) is 30.3 Å². The zero-order chi connectivity index (χ0) is 25.8. The van der Waals surface area contributed by atoms with Gasteiger partial charge in [-0.15, -0.1) is 0 Å². The van der Waals surface area contributed by atoms with Crippen LogP contribution in [0.25, 0.3) is 6.08 Å². The molecule has 2 aromatic rings. The number of imide groups is 2. The summed E-state index contributed by atoms with van der Waals surface area (Å²) < 4.78 is 12.6. The van der Waals surface area contributed by atoms with Crippen LogP contribution in [0.2, 0.25) is 10.0 Å². The van der Waals surface area contributed by atoms with E-state index >= 15 is 0 Å². The summed E-state index contributed by atoms with van der Waals surface area (Å²) in [6.07, 6.45) is 5.97. The minimum Gasteiger partial charge on any atom is -0.490 e. The Morgan fingerprint density at radius 2 is 1.83 bits per heavy atom. The number of carbonyl (C=O) groups is 3. The minimum atomic E-state index is -0.706. The molecule has 190 valence electrons. The number of hydrogen-bond donors (Lipinski definition) is 1. The molecule has 0 aromatic heterocycles. The second-order valence-electron chi connectivity index (χ2n) is 8.57. The Kier molecular flexibility index (Phi) is 8.79. The van der Waals surface area contributed by atoms with E-state index in [9.17, 15) is 14.4 Å². The number of amides is 4. The molecule has 1 heterocycles. The largest absolute Gasteiger partial charge is 0.490 e. The van der Waals surface area contributed by atoms with Crippen molar-refractivity contribution in [2.24, 2.45) is 0 Å². The highest BCUT2D eigenvalue weighted by molar-refractivity contribution is 14.1. The van der Waals surface area contributed by atoms with Crippen molar-refractivity contribution in [3.63, 3.8) is 0 Å². The van der Waals surface area contributed by atoms with Gasteiger partial charge in [-0.3, -0.25) is 19.8 Å². The quantitative estimate of drug-likeness (QED) is 0.216. The number of ether oxygens (including phenoxy) is 2. The van der Waals surface area contributed by atoms with Gasteiger partial charge in [-0.25, -0.2) is 4.79 Å². The van der Waals surface area contributed by atoms with Gasteiger partial charge in [0.25, 0.3) is 11.8 Å². The predicted octanol–water partition coefficient (Wildman–Crippen LogP) is 6.37. The van der Waals surface area contributed by atoms with E-state index in [1.165, 1.54) is 11.0 Å². The van der Waals surface area contributed by atoms with Gasteiger partial charge in [0.2, 0.25) is 0 Å². The van der Waals surface area contributed by atoms with E-state index in [-0.39, 0.29) is 18.2 Å². The first kappa shape index (κ1) is 26.8. The molecule has 0 unspecified atom stereocenters. The molecule has 4 amide bonds. The number of carbonyl (C=O) groups excluding carboxylic acids is 3. The van der Waals surface area contributed by atoms with E-state index < -0.39 is 17.8 Å². The van der Waals surface area contributed by atoms with E-state index in [0.717, 1.165) is 41.2 Å². The van der Waals surface area contributed by atoms with Gasteiger partial charge in [0.05, 0.1) is 10.2 Å². The molecule has 36 heavy (non-hydrogen) atoms. The summed E-state index contributed by atoms with van der Waals surface area (Å²) in [6, 6.07) is 7.84. The Balaban J connectivity index is 1.62. The van der Waals surface area contributed by atoms with Crippen molar-refractivity contribution < 1.29 is 23.9 Å². The second kappa shape index (κ2) is 11.8. The molecule has 1 saturated carbocycles. The first-order chi connectivity index (χ1) is 17.3. The summed E-state index contributed by atoms with van der Waals surface area (Å²) in [7, 11) is 0. The van der Waals surface area contributed by atoms with Crippen LogP contribution in [0.15, 0.2) is 35.9 Å². The van der Waals surface area contributed by atoms with Gasteiger partial charge < -0.3 is 9.47 Å². The third kappa shape index (κ3) is 5.98. The van der Waals surface area contributed by atoms with Crippen molar-refractivity contribution in [2.75, 3.05) is 6.61 Å². The molecule has 0 radical (unpaired) electrons. The Morgan fingerprint density at radius 1 is 1.08 bits per heavy atom. The minimum absolute atomic E-state index is 0.0833. The molecule has 1 aliphatic heterocycles. The smallest absolute Gasteiger partial charge is 0.331 e. The highest BCUT2D eigenvalue weighted by atomic mass is 127. The number of nitrogens with one attached hydrogen (secondary N) is 1. The highest BCUT2D eigenvalue weighted by Crippen LogP contribution is 2.36. The molecule has 2 aromatic carbocycles.